The lowest BCUT2D eigenvalue weighted by Crippen LogP contribution is -2.41. The summed E-state index contributed by atoms with van der Waals surface area (Å²) in [4.78, 5) is 12.0. The van der Waals surface area contributed by atoms with Crippen molar-refractivity contribution >= 4 is 5.91 Å². The van der Waals surface area contributed by atoms with Gasteiger partial charge in [0.25, 0.3) is 5.91 Å². The van der Waals surface area contributed by atoms with Crippen LogP contribution in [-0.2, 0) is 0 Å². The summed E-state index contributed by atoms with van der Waals surface area (Å²) in [6, 6.07) is 16.9. The summed E-state index contributed by atoms with van der Waals surface area (Å²) in [6.07, 6.45) is -0.950. The van der Waals surface area contributed by atoms with Gasteiger partial charge in [-0.2, -0.15) is 0 Å². The monoisotopic (exact) mass is 271 g/mol. The number of amides is 1. The molecule has 0 fully saturated rings. The molecule has 0 aliphatic heterocycles. The standard InChI is InChI=1S/C16H17NO3/c18-11-14(15(19)12-7-3-1-4-8-12)17-16(20)13-9-5-2-6-10-13/h1-10,14-15,18-19H,11H2,(H,17,20)/t14-,15-/m1/s1. The van der Waals surface area contributed by atoms with Gasteiger partial charge in [0.2, 0.25) is 0 Å². The summed E-state index contributed by atoms with van der Waals surface area (Å²) in [5, 5.41) is 22.2. The average Bonchev–Trinajstić information content (AvgIpc) is 2.53. The van der Waals surface area contributed by atoms with Crippen molar-refractivity contribution in [3.05, 3.63) is 71.8 Å². The fourth-order valence-corrected chi connectivity index (χ4v) is 1.95. The van der Waals surface area contributed by atoms with Crippen molar-refractivity contribution < 1.29 is 15.0 Å². The van der Waals surface area contributed by atoms with Crippen LogP contribution in [0.5, 0.6) is 0 Å². The molecule has 104 valence electrons. The second-order valence-corrected chi connectivity index (χ2v) is 4.48. The van der Waals surface area contributed by atoms with E-state index in [1.165, 1.54) is 0 Å². The zero-order valence-corrected chi connectivity index (χ0v) is 10.9. The van der Waals surface area contributed by atoms with Gasteiger partial charge in [0.05, 0.1) is 12.6 Å². The maximum Gasteiger partial charge on any atom is 0.251 e. The van der Waals surface area contributed by atoms with Crippen LogP contribution in [0.4, 0.5) is 0 Å². The number of hydrogen-bond acceptors (Lipinski definition) is 3. The Kier molecular flexibility index (Phi) is 4.87. The van der Waals surface area contributed by atoms with Crippen molar-refractivity contribution in [1.29, 1.82) is 0 Å². The van der Waals surface area contributed by atoms with Crippen LogP contribution in [0.1, 0.15) is 22.0 Å². The first-order valence-electron chi connectivity index (χ1n) is 6.42. The number of aliphatic hydroxyl groups excluding tert-OH is 2. The molecular weight excluding hydrogens is 254 g/mol. The molecule has 0 saturated heterocycles. The topological polar surface area (TPSA) is 69.6 Å². The predicted octanol–water partition coefficient (Wildman–Crippen LogP) is 1.51. The van der Waals surface area contributed by atoms with Crippen molar-refractivity contribution in [3.8, 4) is 0 Å². The van der Waals surface area contributed by atoms with E-state index in [0.29, 0.717) is 11.1 Å². The molecule has 3 N–H and O–H groups in total. The first-order valence-corrected chi connectivity index (χ1v) is 6.42. The van der Waals surface area contributed by atoms with Crippen LogP contribution in [-0.4, -0.2) is 28.8 Å². The number of hydrogen-bond donors (Lipinski definition) is 3. The lowest BCUT2D eigenvalue weighted by molar-refractivity contribution is 0.0703. The van der Waals surface area contributed by atoms with E-state index in [2.05, 4.69) is 5.32 Å². The Morgan fingerprint density at radius 2 is 1.55 bits per heavy atom. The minimum atomic E-state index is -0.950. The number of carbonyl (C=O) groups is 1. The van der Waals surface area contributed by atoms with Gasteiger partial charge in [0.15, 0.2) is 0 Å². The van der Waals surface area contributed by atoms with E-state index < -0.39 is 12.1 Å². The molecule has 0 aliphatic carbocycles. The van der Waals surface area contributed by atoms with E-state index in [1.807, 2.05) is 12.1 Å². The molecule has 2 aromatic rings. The second-order valence-electron chi connectivity index (χ2n) is 4.48. The summed E-state index contributed by atoms with van der Waals surface area (Å²) < 4.78 is 0. The van der Waals surface area contributed by atoms with E-state index in [1.54, 1.807) is 48.5 Å². The van der Waals surface area contributed by atoms with Crippen molar-refractivity contribution in [2.75, 3.05) is 6.61 Å². The molecule has 0 radical (unpaired) electrons. The first-order chi connectivity index (χ1) is 9.72. The fraction of sp³-hybridized carbons (Fsp3) is 0.188. The highest BCUT2D eigenvalue weighted by Crippen LogP contribution is 2.16. The van der Waals surface area contributed by atoms with E-state index in [-0.39, 0.29) is 12.5 Å². The second kappa shape index (κ2) is 6.84. The fourth-order valence-electron chi connectivity index (χ4n) is 1.95. The van der Waals surface area contributed by atoms with E-state index in [9.17, 15) is 15.0 Å². The maximum atomic E-state index is 12.0. The van der Waals surface area contributed by atoms with Gasteiger partial charge in [-0.15, -0.1) is 0 Å². The van der Waals surface area contributed by atoms with Gasteiger partial charge in [0, 0.05) is 5.56 Å². The summed E-state index contributed by atoms with van der Waals surface area (Å²) >= 11 is 0. The molecule has 0 bridgehead atoms. The molecule has 0 unspecified atom stereocenters. The molecule has 0 heterocycles. The van der Waals surface area contributed by atoms with E-state index >= 15 is 0 Å². The Balaban J connectivity index is 2.08. The normalized spacial score (nSPS) is 13.5. The largest absolute Gasteiger partial charge is 0.394 e. The minimum absolute atomic E-state index is 0.320. The summed E-state index contributed by atoms with van der Waals surface area (Å²) in [7, 11) is 0. The van der Waals surface area contributed by atoms with Gasteiger partial charge >= 0.3 is 0 Å². The summed E-state index contributed by atoms with van der Waals surface area (Å²) in [5.74, 6) is -0.320. The van der Waals surface area contributed by atoms with Gasteiger partial charge < -0.3 is 15.5 Å². The highest BCUT2D eigenvalue weighted by molar-refractivity contribution is 5.94. The summed E-state index contributed by atoms with van der Waals surface area (Å²) in [5.41, 5.74) is 1.14. The van der Waals surface area contributed by atoms with Gasteiger partial charge in [-0.1, -0.05) is 48.5 Å². The lowest BCUT2D eigenvalue weighted by atomic mass is 10.0. The predicted molar refractivity (Wildman–Crippen MR) is 76.2 cm³/mol. The third-order valence-corrected chi connectivity index (χ3v) is 3.07. The van der Waals surface area contributed by atoms with Crippen LogP contribution in [0, 0.1) is 0 Å². The molecule has 2 atom stereocenters. The number of benzene rings is 2. The maximum absolute atomic E-state index is 12.0. The average molecular weight is 271 g/mol. The smallest absolute Gasteiger partial charge is 0.251 e. The highest BCUT2D eigenvalue weighted by Gasteiger charge is 2.22. The minimum Gasteiger partial charge on any atom is -0.394 e. The van der Waals surface area contributed by atoms with Crippen molar-refractivity contribution in [2.24, 2.45) is 0 Å². The van der Waals surface area contributed by atoms with E-state index in [4.69, 9.17) is 0 Å². The van der Waals surface area contributed by atoms with Crippen LogP contribution >= 0.6 is 0 Å². The molecule has 0 saturated carbocycles. The zero-order chi connectivity index (χ0) is 14.4. The Morgan fingerprint density at radius 3 is 2.10 bits per heavy atom. The van der Waals surface area contributed by atoms with Crippen molar-refractivity contribution in [2.45, 2.75) is 12.1 Å². The number of rotatable bonds is 5. The van der Waals surface area contributed by atoms with Crippen molar-refractivity contribution in [3.63, 3.8) is 0 Å². The first kappa shape index (κ1) is 14.2. The third-order valence-electron chi connectivity index (χ3n) is 3.07. The molecule has 4 heteroatoms. The Hall–Kier alpha value is -2.17. The van der Waals surface area contributed by atoms with Gasteiger partial charge in [-0.05, 0) is 17.7 Å². The third kappa shape index (κ3) is 3.44. The number of nitrogens with one attached hydrogen (secondary N) is 1. The molecule has 2 aromatic carbocycles. The van der Waals surface area contributed by atoms with Gasteiger partial charge in [-0.3, -0.25) is 4.79 Å². The van der Waals surface area contributed by atoms with Crippen LogP contribution in [0.2, 0.25) is 0 Å². The lowest BCUT2D eigenvalue weighted by Gasteiger charge is -2.22. The number of aliphatic hydroxyl groups is 2. The van der Waals surface area contributed by atoms with Gasteiger partial charge in [-0.25, -0.2) is 0 Å². The number of carbonyl (C=O) groups excluding carboxylic acids is 1. The van der Waals surface area contributed by atoms with E-state index in [0.717, 1.165) is 0 Å². The quantitative estimate of drug-likeness (QED) is 0.772. The Labute approximate surface area is 117 Å². The van der Waals surface area contributed by atoms with Crippen molar-refractivity contribution in [1.82, 2.24) is 5.32 Å². The molecule has 1 amide bonds. The molecule has 0 aliphatic rings. The Morgan fingerprint density at radius 1 is 1.00 bits per heavy atom. The van der Waals surface area contributed by atoms with Crippen LogP contribution < -0.4 is 5.32 Å². The van der Waals surface area contributed by atoms with Crippen LogP contribution in [0.25, 0.3) is 0 Å². The van der Waals surface area contributed by atoms with Crippen LogP contribution in [0.15, 0.2) is 60.7 Å². The van der Waals surface area contributed by atoms with Gasteiger partial charge in [0.1, 0.15) is 6.10 Å². The molecule has 0 spiro atoms. The molecule has 0 aromatic heterocycles. The zero-order valence-electron chi connectivity index (χ0n) is 10.9. The highest BCUT2D eigenvalue weighted by atomic mass is 16.3. The SMILES string of the molecule is O=C(N[C@H](CO)[C@H](O)c1ccccc1)c1ccccc1. The molecular formula is C16H17NO3. The molecule has 2 rings (SSSR count). The van der Waals surface area contributed by atoms with Crippen LogP contribution in [0.3, 0.4) is 0 Å². The molecule has 20 heavy (non-hydrogen) atoms. The molecule has 4 nitrogen and oxygen atoms in total. The Bertz CT molecular complexity index is 542. The summed E-state index contributed by atoms with van der Waals surface area (Å²) in [6.45, 7) is -0.339.